The Balaban J connectivity index is 2.02. The Kier molecular flexibility index (Phi) is 3.27. The van der Waals surface area contributed by atoms with Crippen LogP contribution in [0.3, 0.4) is 0 Å². The topological polar surface area (TPSA) is 37.8 Å². The van der Waals surface area contributed by atoms with E-state index in [9.17, 15) is 4.39 Å². The van der Waals surface area contributed by atoms with Gasteiger partial charge in [0.1, 0.15) is 0 Å². The molecule has 0 radical (unpaired) electrons. The fraction of sp³-hybridized carbons (Fsp3) is 0.375. The first kappa shape index (κ1) is 12.9. The number of hydrogen-bond acceptors (Lipinski definition) is 3. The van der Waals surface area contributed by atoms with E-state index in [1.807, 2.05) is 6.07 Å². The Bertz CT molecular complexity index is 669. The number of halogens is 1. The van der Waals surface area contributed by atoms with Crippen LogP contribution in [-0.4, -0.2) is 15.5 Å². The smallest absolute Gasteiger partial charge is 0.213 e. The standard InChI is InChI=1S/C16H16FN3/c1-2-16(7-4-3-5-8-16)20-13-6-9-18-14-11-19-15(17)10-12(13)14/h1,6,9-11H,3-5,7-8H2,(H,18,20). The Morgan fingerprint density at radius 3 is 2.80 bits per heavy atom. The summed E-state index contributed by atoms with van der Waals surface area (Å²) in [5.74, 6) is 2.40. The van der Waals surface area contributed by atoms with Crippen molar-refractivity contribution in [2.24, 2.45) is 0 Å². The van der Waals surface area contributed by atoms with Crippen LogP contribution in [-0.2, 0) is 0 Å². The van der Waals surface area contributed by atoms with Crippen LogP contribution in [0, 0.1) is 18.3 Å². The summed E-state index contributed by atoms with van der Waals surface area (Å²) in [7, 11) is 0. The molecule has 0 aliphatic heterocycles. The summed E-state index contributed by atoms with van der Waals surface area (Å²) in [4.78, 5) is 7.84. The van der Waals surface area contributed by atoms with Gasteiger partial charge in [-0.1, -0.05) is 25.2 Å². The van der Waals surface area contributed by atoms with Crippen LogP contribution in [0.2, 0.25) is 0 Å². The Morgan fingerprint density at radius 2 is 2.05 bits per heavy atom. The second-order valence-electron chi connectivity index (χ2n) is 5.29. The summed E-state index contributed by atoms with van der Waals surface area (Å²) in [5.41, 5.74) is 1.17. The van der Waals surface area contributed by atoms with E-state index >= 15 is 0 Å². The maximum Gasteiger partial charge on any atom is 0.213 e. The molecule has 0 amide bonds. The molecule has 4 heteroatoms. The van der Waals surface area contributed by atoms with E-state index in [0.29, 0.717) is 5.52 Å². The van der Waals surface area contributed by atoms with Crippen LogP contribution in [0.15, 0.2) is 24.5 Å². The van der Waals surface area contributed by atoms with Gasteiger partial charge in [0, 0.05) is 23.3 Å². The van der Waals surface area contributed by atoms with Crippen molar-refractivity contribution in [2.75, 3.05) is 5.32 Å². The zero-order valence-corrected chi connectivity index (χ0v) is 11.2. The molecule has 1 aliphatic rings. The summed E-state index contributed by atoms with van der Waals surface area (Å²) in [6.07, 6.45) is 14.2. The highest BCUT2D eigenvalue weighted by atomic mass is 19.1. The molecule has 2 heterocycles. The molecule has 0 saturated heterocycles. The summed E-state index contributed by atoms with van der Waals surface area (Å²) in [6.45, 7) is 0. The number of nitrogens with one attached hydrogen (secondary N) is 1. The maximum absolute atomic E-state index is 13.4. The van der Waals surface area contributed by atoms with Gasteiger partial charge in [-0.3, -0.25) is 4.98 Å². The van der Waals surface area contributed by atoms with Gasteiger partial charge >= 0.3 is 0 Å². The van der Waals surface area contributed by atoms with Gasteiger partial charge in [-0.2, -0.15) is 4.39 Å². The quantitative estimate of drug-likeness (QED) is 0.669. The third kappa shape index (κ3) is 2.32. The lowest BCUT2D eigenvalue weighted by molar-refractivity contribution is 0.396. The minimum Gasteiger partial charge on any atom is -0.368 e. The lowest BCUT2D eigenvalue weighted by Gasteiger charge is -2.34. The highest BCUT2D eigenvalue weighted by molar-refractivity contribution is 5.90. The molecule has 1 saturated carbocycles. The van der Waals surface area contributed by atoms with Crippen molar-refractivity contribution in [3.05, 3.63) is 30.5 Å². The molecule has 3 nitrogen and oxygen atoms in total. The Labute approximate surface area is 117 Å². The highest BCUT2D eigenvalue weighted by Crippen LogP contribution is 2.33. The fourth-order valence-electron chi connectivity index (χ4n) is 2.85. The van der Waals surface area contributed by atoms with Gasteiger partial charge in [-0.05, 0) is 18.9 Å². The number of aromatic nitrogens is 2. The normalized spacial score (nSPS) is 17.6. The Hall–Kier alpha value is -2.15. The minimum absolute atomic E-state index is 0.327. The SMILES string of the molecule is C#CC1(Nc2ccnc3cnc(F)cc23)CCCCC1. The molecule has 2 aromatic rings. The predicted molar refractivity (Wildman–Crippen MR) is 77.8 cm³/mol. The lowest BCUT2D eigenvalue weighted by atomic mass is 9.82. The first-order chi connectivity index (χ1) is 9.72. The molecule has 1 fully saturated rings. The van der Waals surface area contributed by atoms with E-state index < -0.39 is 5.95 Å². The number of pyridine rings is 2. The van der Waals surface area contributed by atoms with E-state index in [1.54, 1.807) is 6.20 Å². The van der Waals surface area contributed by atoms with Crippen LogP contribution in [0.5, 0.6) is 0 Å². The average molecular weight is 269 g/mol. The van der Waals surface area contributed by atoms with Gasteiger partial charge in [-0.25, -0.2) is 4.98 Å². The molecular formula is C16H16FN3. The summed E-state index contributed by atoms with van der Waals surface area (Å²) in [6, 6.07) is 3.24. The second kappa shape index (κ2) is 5.09. The maximum atomic E-state index is 13.4. The molecule has 20 heavy (non-hydrogen) atoms. The van der Waals surface area contributed by atoms with Crippen LogP contribution in [0.25, 0.3) is 10.9 Å². The molecule has 1 N–H and O–H groups in total. The molecule has 2 aromatic heterocycles. The number of terminal acetylenes is 1. The average Bonchev–Trinajstić information content (AvgIpc) is 2.49. The summed E-state index contributed by atoms with van der Waals surface area (Å²) < 4.78 is 13.4. The summed E-state index contributed by atoms with van der Waals surface area (Å²) >= 11 is 0. The molecule has 3 rings (SSSR count). The number of nitrogens with zero attached hydrogens (tertiary/aromatic N) is 2. The van der Waals surface area contributed by atoms with Gasteiger partial charge in [0.05, 0.1) is 17.3 Å². The van der Waals surface area contributed by atoms with Crippen molar-refractivity contribution in [1.29, 1.82) is 0 Å². The van der Waals surface area contributed by atoms with Gasteiger partial charge in [0.15, 0.2) is 0 Å². The number of hydrogen-bond donors (Lipinski definition) is 1. The van der Waals surface area contributed by atoms with Crippen molar-refractivity contribution >= 4 is 16.6 Å². The first-order valence-electron chi connectivity index (χ1n) is 6.89. The molecule has 102 valence electrons. The third-order valence-electron chi connectivity index (χ3n) is 3.95. The van der Waals surface area contributed by atoms with Crippen molar-refractivity contribution in [3.63, 3.8) is 0 Å². The lowest BCUT2D eigenvalue weighted by Crippen LogP contribution is -2.38. The molecule has 0 bridgehead atoms. The van der Waals surface area contributed by atoms with Crippen LogP contribution < -0.4 is 5.32 Å². The second-order valence-corrected chi connectivity index (χ2v) is 5.29. The fourth-order valence-corrected chi connectivity index (χ4v) is 2.85. The number of fused-ring (bicyclic) bond motifs is 1. The van der Waals surface area contributed by atoms with E-state index in [-0.39, 0.29) is 5.54 Å². The van der Waals surface area contributed by atoms with Crippen molar-refractivity contribution in [1.82, 2.24) is 9.97 Å². The first-order valence-corrected chi connectivity index (χ1v) is 6.89. The van der Waals surface area contributed by atoms with E-state index in [4.69, 9.17) is 6.42 Å². The van der Waals surface area contributed by atoms with E-state index in [1.165, 1.54) is 18.7 Å². The summed E-state index contributed by atoms with van der Waals surface area (Å²) in [5, 5.41) is 4.17. The van der Waals surface area contributed by atoms with Crippen LogP contribution in [0.1, 0.15) is 32.1 Å². The Morgan fingerprint density at radius 1 is 1.25 bits per heavy atom. The number of anilines is 1. The van der Waals surface area contributed by atoms with Crippen molar-refractivity contribution < 1.29 is 4.39 Å². The zero-order valence-electron chi connectivity index (χ0n) is 11.2. The molecule has 1 aliphatic carbocycles. The molecule has 0 atom stereocenters. The highest BCUT2D eigenvalue weighted by Gasteiger charge is 2.30. The third-order valence-corrected chi connectivity index (χ3v) is 3.95. The van der Waals surface area contributed by atoms with E-state index in [0.717, 1.165) is 36.8 Å². The molecular weight excluding hydrogens is 253 g/mol. The minimum atomic E-state index is -0.507. The van der Waals surface area contributed by atoms with Crippen LogP contribution in [0.4, 0.5) is 10.1 Å². The predicted octanol–water partition coefficient (Wildman–Crippen LogP) is 3.52. The largest absolute Gasteiger partial charge is 0.368 e. The monoisotopic (exact) mass is 269 g/mol. The zero-order chi connectivity index (χ0) is 14.0. The molecule has 0 spiro atoms. The molecule has 0 unspecified atom stereocenters. The van der Waals surface area contributed by atoms with Gasteiger partial charge in [0.2, 0.25) is 5.95 Å². The van der Waals surface area contributed by atoms with E-state index in [2.05, 4.69) is 21.2 Å². The van der Waals surface area contributed by atoms with Crippen LogP contribution >= 0.6 is 0 Å². The van der Waals surface area contributed by atoms with Gasteiger partial charge in [0.25, 0.3) is 0 Å². The van der Waals surface area contributed by atoms with Crippen molar-refractivity contribution in [3.8, 4) is 12.3 Å². The number of rotatable bonds is 2. The van der Waals surface area contributed by atoms with Gasteiger partial charge in [-0.15, -0.1) is 6.42 Å². The van der Waals surface area contributed by atoms with Crippen molar-refractivity contribution in [2.45, 2.75) is 37.6 Å². The molecule has 0 aromatic carbocycles. The van der Waals surface area contributed by atoms with Gasteiger partial charge < -0.3 is 5.32 Å².